The van der Waals surface area contributed by atoms with Gasteiger partial charge in [0.1, 0.15) is 0 Å². The molecular weight excluding hydrogens is 323 g/mol. The van der Waals surface area contributed by atoms with Gasteiger partial charge in [0.2, 0.25) is 0 Å². The van der Waals surface area contributed by atoms with Gasteiger partial charge in [-0.2, -0.15) is 13.2 Å². The van der Waals surface area contributed by atoms with Crippen LogP contribution >= 0.6 is 12.4 Å². The summed E-state index contributed by atoms with van der Waals surface area (Å²) >= 11 is 0. The molecule has 126 valence electrons. The number of hydrogen-bond donors (Lipinski definition) is 1. The number of nitrogens with two attached hydrogens (primary N) is 1. The molecule has 0 bridgehead atoms. The molecule has 0 saturated carbocycles. The standard InChI is InChI=1S/C18H20F3N.ClH/c1-3-12(2)17(22)15-6-4-13(5-7-15)14-8-10-16(11-9-14)18(19,20)21;/h4-12,17H,3,22H2,1-2H3;1H/t12?,17-;/m1./s1. The average Bonchev–Trinajstić information content (AvgIpc) is 2.53. The summed E-state index contributed by atoms with van der Waals surface area (Å²) in [6, 6.07) is 12.9. The molecule has 0 aromatic heterocycles. The first-order valence-corrected chi connectivity index (χ1v) is 7.36. The van der Waals surface area contributed by atoms with Gasteiger partial charge in [0.05, 0.1) is 5.56 Å². The summed E-state index contributed by atoms with van der Waals surface area (Å²) in [4.78, 5) is 0. The molecule has 0 aliphatic heterocycles. The zero-order chi connectivity index (χ0) is 16.3. The second kappa shape index (κ2) is 7.84. The summed E-state index contributed by atoms with van der Waals surface area (Å²) in [5, 5.41) is 0. The number of halogens is 4. The zero-order valence-corrected chi connectivity index (χ0v) is 13.9. The molecule has 0 aliphatic carbocycles. The van der Waals surface area contributed by atoms with Gasteiger partial charge >= 0.3 is 6.18 Å². The number of alkyl halides is 3. The number of benzene rings is 2. The van der Waals surface area contributed by atoms with Crippen molar-refractivity contribution in [3.8, 4) is 11.1 Å². The van der Waals surface area contributed by atoms with Crippen LogP contribution in [0.4, 0.5) is 13.2 Å². The van der Waals surface area contributed by atoms with E-state index in [0.717, 1.165) is 35.2 Å². The normalized spacial score (nSPS) is 14.0. The minimum Gasteiger partial charge on any atom is -0.324 e. The van der Waals surface area contributed by atoms with Crippen molar-refractivity contribution in [1.82, 2.24) is 0 Å². The Morgan fingerprint density at radius 2 is 1.35 bits per heavy atom. The predicted octanol–water partition coefficient (Wildman–Crippen LogP) is 5.84. The van der Waals surface area contributed by atoms with E-state index in [2.05, 4.69) is 13.8 Å². The molecule has 23 heavy (non-hydrogen) atoms. The van der Waals surface area contributed by atoms with Gasteiger partial charge in [-0.05, 0) is 34.7 Å². The third-order valence-corrected chi connectivity index (χ3v) is 4.10. The average molecular weight is 344 g/mol. The van der Waals surface area contributed by atoms with E-state index >= 15 is 0 Å². The summed E-state index contributed by atoms with van der Waals surface area (Å²) in [7, 11) is 0. The fourth-order valence-corrected chi connectivity index (χ4v) is 2.33. The first-order chi connectivity index (χ1) is 10.3. The SMILES string of the molecule is CCC(C)[C@@H](N)c1ccc(-c2ccc(C(F)(F)F)cc2)cc1.Cl. The summed E-state index contributed by atoms with van der Waals surface area (Å²) in [5.41, 5.74) is 8.24. The van der Waals surface area contributed by atoms with E-state index in [1.54, 1.807) is 0 Å². The molecule has 2 aromatic rings. The molecular formula is C18H21ClF3N. The monoisotopic (exact) mass is 343 g/mol. The molecule has 0 fully saturated rings. The first-order valence-electron chi connectivity index (χ1n) is 7.36. The molecule has 2 aromatic carbocycles. The summed E-state index contributed by atoms with van der Waals surface area (Å²) in [5.74, 6) is 0.386. The summed E-state index contributed by atoms with van der Waals surface area (Å²) < 4.78 is 37.7. The summed E-state index contributed by atoms with van der Waals surface area (Å²) in [6.07, 6.45) is -3.30. The fraction of sp³-hybridized carbons (Fsp3) is 0.333. The van der Waals surface area contributed by atoms with Crippen molar-refractivity contribution in [2.24, 2.45) is 11.7 Å². The third kappa shape index (κ3) is 4.72. The summed E-state index contributed by atoms with van der Waals surface area (Å²) in [6.45, 7) is 4.20. The molecule has 2 N–H and O–H groups in total. The predicted molar refractivity (Wildman–Crippen MR) is 90.5 cm³/mol. The van der Waals surface area contributed by atoms with Gasteiger partial charge < -0.3 is 5.73 Å². The molecule has 0 amide bonds. The Morgan fingerprint density at radius 3 is 1.74 bits per heavy atom. The molecule has 0 radical (unpaired) electrons. The Labute approximate surface area is 141 Å². The Hall–Kier alpha value is -1.52. The van der Waals surface area contributed by atoms with Crippen LogP contribution in [-0.4, -0.2) is 0 Å². The van der Waals surface area contributed by atoms with E-state index in [1.807, 2.05) is 24.3 Å². The van der Waals surface area contributed by atoms with Crippen molar-refractivity contribution in [3.63, 3.8) is 0 Å². The van der Waals surface area contributed by atoms with E-state index in [9.17, 15) is 13.2 Å². The highest BCUT2D eigenvalue weighted by Gasteiger charge is 2.29. The third-order valence-electron chi connectivity index (χ3n) is 4.10. The Balaban J connectivity index is 0.00000264. The quantitative estimate of drug-likeness (QED) is 0.741. The first kappa shape index (κ1) is 19.5. The topological polar surface area (TPSA) is 26.0 Å². The van der Waals surface area contributed by atoms with Crippen LogP contribution < -0.4 is 5.73 Å². The van der Waals surface area contributed by atoms with Crippen LogP contribution in [0.25, 0.3) is 11.1 Å². The van der Waals surface area contributed by atoms with Crippen molar-refractivity contribution in [3.05, 3.63) is 59.7 Å². The zero-order valence-electron chi connectivity index (χ0n) is 13.1. The fourth-order valence-electron chi connectivity index (χ4n) is 2.33. The van der Waals surface area contributed by atoms with Crippen LogP contribution in [0.1, 0.15) is 37.4 Å². The lowest BCUT2D eigenvalue weighted by Crippen LogP contribution is -2.18. The van der Waals surface area contributed by atoms with Crippen molar-refractivity contribution in [2.45, 2.75) is 32.5 Å². The van der Waals surface area contributed by atoms with Crippen LogP contribution in [0.2, 0.25) is 0 Å². The molecule has 0 saturated heterocycles. The van der Waals surface area contributed by atoms with Gasteiger partial charge in [-0.1, -0.05) is 56.7 Å². The molecule has 2 atom stereocenters. The van der Waals surface area contributed by atoms with E-state index < -0.39 is 11.7 Å². The smallest absolute Gasteiger partial charge is 0.324 e. The van der Waals surface area contributed by atoms with Crippen LogP contribution in [0.15, 0.2) is 48.5 Å². The van der Waals surface area contributed by atoms with Gasteiger partial charge in [0.25, 0.3) is 0 Å². The molecule has 0 aliphatic rings. The van der Waals surface area contributed by atoms with Crippen LogP contribution in [-0.2, 0) is 6.18 Å². The van der Waals surface area contributed by atoms with E-state index in [0.29, 0.717) is 5.92 Å². The van der Waals surface area contributed by atoms with Crippen LogP contribution in [0, 0.1) is 5.92 Å². The highest BCUT2D eigenvalue weighted by molar-refractivity contribution is 5.85. The largest absolute Gasteiger partial charge is 0.416 e. The van der Waals surface area contributed by atoms with Crippen molar-refractivity contribution >= 4 is 12.4 Å². The molecule has 2 rings (SSSR count). The van der Waals surface area contributed by atoms with Crippen molar-refractivity contribution in [1.29, 1.82) is 0 Å². The Bertz CT molecular complexity index is 606. The lowest BCUT2D eigenvalue weighted by molar-refractivity contribution is -0.137. The van der Waals surface area contributed by atoms with Crippen molar-refractivity contribution in [2.75, 3.05) is 0 Å². The van der Waals surface area contributed by atoms with Gasteiger partial charge in [0.15, 0.2) is 0 Å². The Morgan fingerprint density at radius 1 is 0.913 bits per heavy atom. The number of rotatable bonds is 4. The van der Waals surface area contributed by atoms with Crippen LogP contribution in [0.3, 0.4) is 0 Å². The lowest BCUT2D eigenvalue weighted by Gasteiger charge is -2.19. The van der Waals surface area contributed by atoms with E-state index in [4.69, 9.17) is 5.73 Å². The maximum absolute atomic E-state index is 12.6. The maximum Gasteiger partial charge on any atom is 0.416 e. The minimum absolute atomic E-state index is 0. The van der Waals surface area contributed by atoms with Gasteiger partial charge in [-0.15, -0.1) is 12.4 Å². The minimum atomic E-state index is -4.30. The van der Waals surface area contributed by atoms with Gasteiger partial charge in [0, 0.05) is 6.04 Å². The lowest BCUT2D eigenvalue weighted by atomic mass is 9.92. The van der Waals surface area contributed by atoms with Crippen LogP contribution in [0.5, 0.6) is 0 Å². The van der Waals surface area contributed by atoms with Gasteiger partial charge in [-0.3, -0.25) is 0 Å². The second-order valence-electron chi connectivity index (χ2n) is 5.61. The highest BCUT2D eigenvalue weighted by Crippen LogP contribution is 2.31. The van der Waals surface area contributed by atoms with E-state index in [-0.39, 0.29) is 18.4 Å². The maximum atomic E-state index is 12.6. The number of hydrogen-bond acceptors (Lipinski definition) is 1. The molecule has 1 unspecified atom stereocenters. The highest BCUT2D eigenvalue weighted by atomic mass is 35.5. The molecule has 5 heteroatoms. The molecule has 1 nitrogen and oxygen atoms in total. The van der Waals surface area contributed by atoms with Gasteiger partial charge in [-0.25, -0.2) is 0 Å². The Kier molecular flexibility index (Phi) is 6.66. The van der Waals surface area contributed by atoms with E-state index in [1.165, 1.54) is 12.1 Å². The molecule has 0 heterocycles. The van der Waals surface area contributed by atoms with Crippen molar-refractivity contribution < 1.29 is 13.2 Å². The molecule has 0 spiro atoms. The second-order valence-corrected chi connectivity index (χ2v) is 5.61.